The first-order chi connectivity index (χ1) is 10.3. The van der Waals surface area contributed by atoms with Gasteiger partial charge >= 0.3 is 0 Å². The number of carbonyl (C=O) groups excluding carboxylic acids is 1. The average Bonchev–Trinajstić information content (AvgIpc) is 3.02. The van der Waals surface area contributed by atoms with E-state index in [4.69, 9.17) is 0 Å². The van der Waals surface area contributed by atoms with Crippen LogP contribution >= 0.6 is 0 Å². The number of pyridine rings is 1. The Kier molecular flexibility index (Phi) is 4.25. The minimum atomic E-state index is 0.135. The van der Waals surface area contributed by atoms with E-state index in [9.17, 15) is 4.79 Å². The van der Waals surface area contributed by atoms with Crippen LogP contribution in [0.5, 0.6) is 0 Å². The van der Waals surface area contributed by atoms with Gasteiger partial charge in [0.1, 0.15) is 6.54 Å². The van der Waals surface area contributed by atoms with Crippen molar-refractivity contribution in [1.29, 1.82) is 0 Å². The van der Waals surface area contributed by atoms with Crippen LogP contribution < -0.4 is 0 Å². The third-order valence-corrected chi connectivity index (χ3v) is 3.69. The lowest BCUT2D eigenvalue weighted by Crippen LogP contribution is -2.49. The molecular formula is C15H19N5O. The molecule has 3 rings (SSSR count). The van der Waals surface area contributed by atoms with E-state index in [-0.39, 0.29) is 5.91 Å². The molecule has 2 aromatic heterocycles. The lowest BCUT2D eigenvalue weighted by atomic mass is 10.2. The highest BCUT2D eigenvalue weighted by atomic mass is 16.2. The number of hydrogen-bond acceptors (Lipinski definition) is 4. The molecule has 0 saturated carbocycles. The number of hydrogen-bond donors (Lipinski definition) is 0. The van der Waals surface area contributed by atoms with Gasteiger partial charge in [0.05, 0.1) is 5.69 Å². The Hall–Kier alpha value is -2.21. The Morgan fingerprint density at radius 3 is 2.62 bits per heavy atom. The summed E-state index contributed by atoms with van der Waals surface area (Å²) < 4.78 is 1.67. The van der Waals surface area contributed by atoms with Gasteiger partial charge in [-0.05, 0) is 18.2 Å². The van der Waals surface area contributed by atoms with Crippen LogP contribution in [0.1, 0.15) is 5.69 Å². The quantitative estimate of drug-likeness (QED) is 0.826. The van der Waals surface area contributed by atoms with Crippen LogP contribution in [0.2, 0.25) is 0 Å². The van der Waals surface area contributed by atoms with E-state index in [0.717, 1.165) is 38.4 Å². The van der Waals surface area contributed by atoms with Gasteiger partial charge in [-0.15, -0.1) is 0 Å². The van der Waals surface area contributed by atoms with Crippen molar-refractivity contribution >= 4 is 5.91 Å². The Balaban J connectivity index is 1.47. The van der Waals surface area contributed by atoms with E-state index < -0.39 is 0 Å². The summed E-state index contributed by atoms with van der Waals surface area (Å²) in [6.07, 6.45) is 5.33. The first-order valence-electron chi connectivity index (χ1n) is 7.19. The summed E-state index contributed by atoms with van der Waals surface area (Å²) in [7, 11) is 0. The molecule has 6 heteroatoms. The number of piperazine rings is 1. The molecule has 21 heavy (non-hydrogen) atoms. The molecule has 1 aliphatic heterocycles. The predicted octanol–water partition coefficient (Wildman–Crippen LogP) is 0.622. The minimum absolute atomic E-state index is 0.135. The van der Waals surface area contributed by atoms with Crippen molar-refractivity contribution < 1.29 is 4.79 Å². The SMILES string of the molecule is O=C(Cn1cccn1)N1CCN(Cc2ccccn2)CC1. The fourth-order valence-corrected chi connectivity index (χ4v) is 2.51. The molecule has 0 N–H and O–H groups in total. The lowest BCUT2D eigenvalue weighted by molar-refractivity contribution is -0.133. The second-order valence-corrected chi connectivity index (χ2v) is 5.18. The third-order valence-electron chi connectivity index (χ3n) is 3.69. The number of amides is 1. The summed E-state index contributed by atoms with van der Waals surface area (Å²) in [5, 5.41) is 4.07. The van der Waals surface area contributed by atoms with Gasteiger partial charge in [-0.25, -0.2) is 0 Å². The molecule has 110 valence electrons. The largest absolute Gasteiger partial charge is 0.339 e. The van der Waals surface area contributed by atoms with Gasteiger partial charge in [0, 0.05) is 51.3 Å². The molecule has 0 aromatic carbocycles. The van der Waals surface area contributed by atoms with Crippen molar-refractivity contribution in [3.8, 4) is 0 Å². The molecule has 0 spiro atoms. The first-order valence-corrected chi connectivity index (χ1v) is 7.19. The van der Waals surface area contributed by atoms with Crippen LogP contribution in [0.15, 0.2) is 42.9 Å². The van der Waals surface area contributed by atoms with Gasteiger partial charge in [0.15, 0.2) is 0 Å². The molecule has 6 nitrogen and oxygen atoms in total. The molecular weight excluding hydrogens is 266 g/mol. The van der Waals surface area contributed by atoms with Gasteiger partial charge in [0.25, 0.3) is 0 Å². The molecule has 1 amide bonds. The molecule has 2 aromatic rings. The first kappa shape index (κ1) is 13.8. The van der Waals surface area contributed by atoms with Crippen molar-refractivity contribution in [3.63, 3.8) is 0 Å². The number of aromatic nitrogens is 3. The maximum absolute atomic E-state index is 12.2. The average molecular weight is 285 g/mol. The van der Waals surface area contributed by atoms with Crippen molar-refractivity contribution in [2.24, 2.45) is 0 Å². The van der Waals surface area contributed by atoms with Gasteiger partial charge in [-0.3, -0.25) is 19.4 Å². The summed E-state index contributed by atoms with van der Waals surface area (Å²) >= 11 is 0. The second-order valence-electron chi connectivity index (χ2n) is 5.18. The topological polar surface area (TPSA) is 54.3 Å². The second kappa shape index (κ2) is 6.49. The normalized spacial score (nSPS) is 16.1. The van der Waals surface area contributed by atoms with Crippen LogP contribution in [0, 0.1) is 0 Å². The maximum Gasteiger partial charge on any atom is 0.244 e. The zero-order valence-corrected chi connectivity index (χ0v) is 11.9. The van der Waals surface area contributed by atoms with Crippen molar-refractivity contribution in [1.82, 2.24) is 24.6 Å². The van der Waals surface area contributed by atoms with Crippen LogP contribution in [-0.4, -0.2) is 56.7 Å². The van der Waals surface area contributed by atoms with E-state index >= 15 is 0 Å². The van der Waals surface area contributed by atoms with Crippen LogP contribution in [-0.2, 0) is 17.9 Å². The van der Waals surface area contributed by atoms with E-state index in [1.54, 1.807) is 10.9 Å². The number of carbonyl (C=O) groups is 1. The molecule has 1 fully saturated rings. The van der Waals surface area contributed by atoms with Crippen molar-refractivity contribution in [2.75, 3.05) is 26.2 Å². The Bertz CT molecular complexity index is 561. The van der Waals surface area contributed by atoms with Gasteiger partial charge in [-0.1, -0.05) is 6.07 Å². The Morgan fingerprint density at radius 1 is 1.10 bits per heavy atom. The Morgan fingerprint density at radius 2 is 1.95 bits per heavy atom. The monoisotopic (exact) mass is 285 g/mol. The molecule has 3 heterocycles. The van der Waals surface area contributed by atoms with E-state index in [1.807, 2.05) is 41.6 Å². The highest BCUT2D eigenvalue weighted by Gasteiger charge is 2.21. The molecule has 1 saturated heterocycles. The van der Waals surface area contributed by atoms with Crippen LogP contribution in [0.3, 0.4) is 0 Å². The van der Waals surface area contributed by atoms with E-state index in [1.165, 1.54) is 0 Å². The zero-order chi connectivity index (χ0) is 14.5. The van der Waals surface area contributed by atoms with Gasteiger partial charge in [0.2, 0.25) is 5.91 Å². The summed E-state index contributed by atoms with van der Waals surface area (Å²) in [5.41, 5.74) is 1.08. The molecule has 0 unspecified atom stereocenters. The van der Waals surface area contributed by atoms with Crippen LogP contribution in [0.25, 0.3) is 0 Å². The van der Waals surface area contributed by atoms with Crippen LogP contribution in [0.4, 0.5) is 0 Å². The molecule has 0 bridgehead atoms. The third kappa shape index (κ3) is 3.66. The highest BCUT2D eigenvalue weighted by molar-refractivity contribution is 5.76. The smallest absolute Gasteiger partial charge is 0.244 e. The van der Waals surface area contributed by atoms with E-state index in [0.29, 0.717) is 6.54 Å². The summed E-state index contributed by atoms with van der Waals surface area (Å²) in [5.74, 6) is 0.135. The van der Waals surface area contributed by atoms with Crippen molar-refractivity contribution in [3.05, 3.63) is 48.5 Å². The minimum Gasteiger partial charge on any atom is -0.339 e. The molecule has 0 atom stereocenters. The Labute approximate surface area is 124 Å². The van der Waals surface area contributed by atoms with Crippen molar-refractivity contribution in [2.45, 2.75) is 13.1 Å². The predicted molar refractivity (Wildman–Crippen MR) is 78.3 cm³/mol. The molecule has 1 aliphatic rings. The van der Waals surface area contributed by atoms with Gasteiger partial charge in [-0.2, -0.15) is 5.10 Å². The molecule has 0 radical (unpaired) electrons. The maximum atomic E-state index is 12.2. The van der Waals surface area contributed by atoms with Gasteiger partial charge < -0.3 is 4.90 Å². The van der Waals surface area contributed by atoms with E-state index in [2.05, 4.69) is 15.0 Å². The summed E-state index contributed by atoms with van der Waals surface area (Å²) in [6.45, 7) is 4.50. The number of rotatable bonds is 4. The lowest BCUT2D eigenvalue weighted by Gasteiger charge is -2.34. The fourth-order valence-electron chi connectivity index (χ4n) is 2.51. The molecule has 0 aliphatic carbocycles. The zero-order valence-electron chi connectivity index (χ0n) is 11.9. The standard InChI is InChI=1S/C15H19N5O/c21-15(13-20-7-3-6-17-20)19-10-8-18(9-11-19)12-14-4-1-2-5-16-14/h1-7H,8-13H2. The fraction of sp³-hybridized carbons (Fsp3) is 0.400. The summed E-state index contributed by atoms with van der Waals surface area (Å²) in [6, 6.07) is 7.80. The highest BCUT2D eigenvalue weighted by Crippen LogP contribution is 2.07. The summed E-state index contributed by atoms with van der Waals surface area (Å²) in [4.78, 5) is 20.8. The number of nitrogens with zero attached hydrogens (tertiary/aromatic N) is 5.